The fourth-order valence-corrected chi connectivity index (χ4v) is 2.70. The molecule has 3 N–H and O–H groups in total. The molecule has 0 saturated heterocycles. The van der Waals surface area contributed by atoms with Crippen LogP contribution in [0, 0.1) is 0 Å². The summed E-state index contributed by atoms with van der Waals surface area (Å²) in [5.41, 5.74) is 9.39. The van der Waals surface area contributed by atoms with Gasteiger partial charge in [-0.25, -0.2) is 4.98 Å². The maximum Gasteiger partial charge on any atom is 0.239 e. The van der Waals surface area contributed by atoms with E-state index in [0.29, 0.717) is 19.6 Å². The number of pyridine rings is 1. The highest BCUT2D eigenvalue weighted by atomic mass is 16.2. The number of nitrogens with one attached hydrogen (secondary N) is 1. The van der Waals surface area contributed by atoms with Crippen molar-refractivity contribution in [1.82, 2.24) is 10.3 Å². The lowest BCUT2D eigenvalue weighted by Gasteiger charge is -2.24. The van der Waals surface area contributed by atoms with Gasteiger partial charge in [-0.2, -0.15) is 0 Å². The summed E-state index contributed by atoms with van der Waals surface area (Å²) in [5, 5.41) is 2.83. The first kappa shape index (κ1) is 14.8. The molecule has 0 atom stereocenters. The van der Waals surface area contributed by atoms with Crippen LogP contribution in [0.3, 0.4) is 0 Å². The SMILES string of the molecule is CCNC(=O)CN(CC)c1nc2c(cc1CN)CCC2. The molecule has 0 aliphatic heterocycles. The van der Waals surface area contributed by atoms with Gasteiger partial charge in [0, 0.05) is 30.9 Å². The van der Waals surface area contributed by atoms with E-state index in [-0.39, 0.29) is 5.91 Å². The number of hydrogen-bond donors (Lipinski definition) is 2. The molecule has 0 saturated carbocycles. The fourth-order valence-electron chi connectivity index (χ4n) is 2.70. The van der Waals surface area contributed by atoms with E-state index in [0.717, 1.165) is 37.2 Å². The van der Waals surface area contributed by atoms with Crippen LogP contribution in [0.4, 0.5) is 5.82 Å². The summed E-state index contributed by atoms with van der Waals surface area (Å²) in [4.78, 5) is 18.6. The number of likely N-dealkylation sites (N-methyl/N-ethyl adjacent to an activating group) is 2. The van der Waals surface area contributed by atoms with Gasteiger partial charge in [0.25, 0.3) is 0 Å². The van der Waals surface area contributed by atoms with Crippen LogP contribution in [0.5, 0.6) is 0 Å². The average Bonchev–Trinajstić information content (AvgIpc) is 2.90. The van der Waals surface area contributed by atoms with E-state index in [9.17, 15) is 4.79 Å². The number of aryl methyl sites for hydroxylation is 2. The summed E-state index contributed by atoms with van der Waals surface area (Å²) in [7, 11) is 0. The van der Waals surface area contributed by atoms with Crippen molar-refractivity contribution in [2.75, 3.05) is 24.5 Å². The number of fused-ring (bicyclic) bond motifs is 1. The number of carbonyl (C=O) groups is 1. The highest BCUT2D eigenvalue weighted by Crippen LogP contribution is 2.27. The van der Waals surface area contributed by atoms with Crippen LogP contribution in [0.15, 0.2) is 6.07 Å². The minimum Gasteiger partial charge on any atom is -0.355 e. The Morgan fingerprint density at radius 1 is 1.45 bits per heavy atom. The van der Waals surface area contributed by atoms with Crippen molar-refractivity contribution in [2.24, 2.45) is 5.73 Å². The molecule has 110 valence electrons. The van der Waals surface area contributed by atoms with Gasteiger partial charge in [-0.1, -0.05) is 0 Å². The van der Waals surface area contributed by atoms with Gasteiger partial charge in [0.1, 0.15) is 5.82 Å². The zero-order valence-corrected chi connectivity index (χ0v) is 12.4. The second-order valence-electron chi connectivity index (χ2n) is 5.10. The summed E-state index contributed by atoms with van der Waals surface area (Å²) in [6, 6.07) is 2.17. The monoisotopic (exact) mass is 276 g/mol. The molecular weight excluding hydrogens is 252 g/mol. The van der Waals surface area contributed by atoms with Crippen molar-refractivity contribution in [1.29, 1.82) is 0 Å². The molecule has 0 aromatic carbocycles. The average molecular weight is 276 g/mol. The molecule has 1 aromatic heterocycles. The van der Waals surface area contributed by atoms with Gasteiger partial charge >= 0.3 is 0 Å². The van der Waals surface area contributed by atoms with E-state index < -0.39 is 0 Å². The number of aromatic nitrogens is 1. The molecule has 1 aromatic rings. The molecule has 2 rings (SSSR count). The smallest absolute Gasteiger partial charge is 0.239 e. The quantitative estimate of drug-likeness (QED) is 0.813. The first-order chi connectivity index (χ1) is 9.69. The molecule has 1 amide bonds. The van der Waals surface area contributed by atoms with E-state index in [1.54, 1.807) is 0 Å². The summed E-state index contributed by atoms with van der Waals surface area (Å²) in [6.07, 6.45) is 3.29. The normalized spacial score (nSPS) is 13.2. The lowest BCUT2D eigenvalue weighted by atomic mass is 10.1. The van der Waals surface area contributed by atoms with E-state index in [4.69, 9.17) is 10.7 Å². The first-order valence-electron chi connectivity index (χ1n) is 7.42. The molecule has 1 heterocycles. The minimum atomic E-state index is 0.0274. The number of nitrogens with zero attached hydrogens (tertiary/aromatic N) is 2. The zero-order valence-electron chi connectivity index (χ0n) is 12.4. The van der Waals surface area contributed by atoms with Crippen molar-refractivity contribution >= 4 is 11.7 Å². The lowest BCUT2D eigenvalue weighted by molar-refractivity contribution is -0.119. The highest BCUT2D eigenvalue weighted by Gasteiger charge is 2.20. The Morgan fingerprint density at radius 3 is 2.90 bits per heavy atom. The van der Waals surface area contributed by atoms with Crippen LogP contribution in [-0.4, -0.2) is 30.5 Å². The van der Waals surface area contributed by atoms with Crippen molar-refractivity contribution < 1.29 is 4.79 Å². The molecule has 0 spiro atoms. The van der Waals surface area contributed by atoms with Gasteiger partial charge in [-0.05, 0) is 44.7 Å². The summed E-state index contributed by atoms with van der Waals surface area (Å²) in [6.45, 7) is 6.15. The van der Waals surface area contributed by atoms with E-state index in [1.807, 2.05) is 18.7 Å². The number of carbonyl (C=O) groups excluding carboxylic acids is 1. The van der Waals surface area contributed by atoms with Crippen molar-refractivity contribution in [2.45, 2.75) is 39.7 Å². The number of hydrogen-bond acceptors (Lipinski definition) is 4. The molecule has 1 aliphatic rings. The Labute approximate surface area is 120 Å². The fraction of sp³-hybridized carbons (Fsp3) is 0.600. The molecule has 20 heavy (non-hydrogen) atoms. The largest absolute Gasteiger partial charge is 0.355 e. The second-order valence-corrected chi connectivity index (χ2v) is 5.10. The maximum atomic E-state index is 11.8. The van der Waals surface area contributed by atoms with Crippen molar-refractivity contribution in [3.05, 3.63) is 22.9 Å². The van der Waals surface area contributed by atoms with Gasteiger partial charge in [0.05, 0.1) is 6.54 Å². The van der Waals surface area contributed by atoms with Crippen LogP contribution in [0.25, 0.3) is 0 Å². The van der Waals surface area contributed by atoms with Crippen molar-refractivity contribution in [3.8, 4) is 0 Å². The van der Waals surface area contributed by atoms with Crippen LogP contribution < -0.4 is 16.0 Å². The first-order valence-corrected chi connectivity index (χ1v) is 7.42. The Morgan fingerprint density at radius 2 is 2.25 bits per heavy atom. The topological polar surface area (TPSA) is 71.2 Å². The molecule has 0 unspecified atom stereocenters. The van der Waals surface area contributed by atoms with Crippen LogP contribution >= 0.6 is 0 Å². The Bertz CT molecular complexity index is 487. The number of amides is 1. The maximum absolute atomic E-state index is 11.8. The van der Waals surface area contributed by atoms with E-state index >= 15 is 0 Å². The number of nitrogens with two attached hydrogens (primary N) is 1. The van der Waals surface area contributed by atoms with Gasteiger partial charge in [0.2, 0.25) is 5.91 Å². The van der Waals surface area contributed by atoms with Gasteiger partial charge in [-0.15, -0.1) is 0 Å². The number of anilines is 1. The molecule has 5 heteroatoms. The molecule has 0 bridgehead atoms. The number of rotatable bonds is 6. The van der Waals surface area contributed by atoms with Crippen LogP contribution in [0.2, 0.25) is 0 Å². The summed E-state index contributed by atoms with van der Waals surface area (Å²) in [5.74, 6) is 0.904. The van der Waals surface area contributed by atoms with Crippen molar-refractivity contribution in [3.63, 3.8) is 0 Å². The Kier molecular flexibility index (Phi) is 4.95. The zero-order chi connectivity index (χ0) is 14.5. The third-order valence-corrected chi connectivity index (χ3v) is 3.72. The standard InChI is InChI=1S/C15H24N4O/c1-3-17-14(20)10-19(4-2)15-12(9-16)8-11-6-5-7-13(11)18-15/h8H,3-7,9-10,16H2,1-2H3,(H,17,20). The summed E-state index contributed by atoms with van der Waals surface area (Å²) < 4.78 is 0. The third kappa shape index (κ3) is 3.10. The highest BCUT2D eigenvalue weighted by molar-refractivity contribution is 5.81. The van der Waals surface area contributed by atoms with E-state index in [2.05, 4.69) is 11.4 Å². The second kappa shape index (κ2) is 6.70. The molecule has 1 aliphatic carbocycles. The Hall–Kier alpha value is -1.62. The molecule has 5 nitrogen and oxygen atoms in total. The predicted octanol–water partition coefficient (Wildman–Crippen LogP) is 0.991. The van der Waals surface area contributed by atoms with Gasteiger partial charge in [0.15, 0.2) is 0 Å². The third-order valence-electron chi connectivity index (χ3n) is 3.72. The summed E-state index contributed by atoms with van der Waals surface area (Å²) >= 11 is 0. The van der Waals surface area contributed by atoms with E-state index in [1.165, 1.54) is 11.3 Å². The predicted molar refractivity (Wildman–Crippen MR) is 80.7 cm³/mol. The van der Waals surface area contributed by atoms with Gasteiger partial charge < -0.3 is 16.0 Å². The molecule has 0 radical (unpaired) electrons. The van der Waals surface area contributed by atoms with Crippen LogP contribution in [0.1, 0.15) is 37.1 Å². The van der Waals surface area contributed by atoms with Gasteiger partial charge in [-0.3, -0.25) is 4.79 Å². The minimum absolute atomic E-state index is 0.0274. The van der Waals surface area contributed by atoms with Crippen LogP contribution in [-0.2, 0) is 24.2 Å². The lowest BCUT2D eigenvalue weighted by Crippen LogP contribution is -2.38. The molecular formula is C15H24N4O. The Balaban J connectivity index is 2.26. The molecule has 0 fully saturated rings.